The quantitative estimate of drug-likeness (QED) is 0.907. The SMILES string of the molecule is CC(C)c1ccc(CN(C(=O)C2CNC2)C2CC2)cc1.Cl. The molecule has 0 spiro atoms. The summed E-state index contributed by atoms with van der Waals surface area (Å²) in [6.07, 6.45) is 2.35. The lowest BCUT2D eigenvalue weighted by molar-refractivity contribution is -0.138. The van der Waals surface area contributed by atoms with Crippen LogP contribution >= 0.6 is 12.4 Å². The Morgan fingerprint density at radius 3 is 2.29 bits per heavy atom. The monoisotopic (exact) mass is 308 g/mol. The minimum Gasteiger partial charge on any atom is -0.335 e. The molecule has 0 unspecified atom stereocenters. The Hall–Kier alpha value is -1.06. The molecule has 116 valence electrons. The van der Waals surface area contributed by atoms with Crippen molar-refractivity contribution >= 4 is 18.3 Å². The number of nitrogens with one attached hydrogen (secondary N) is 1. The largest absolute Gasteiger partial charge is 0.335 e. The average Bonchev–Trinajstić information content (AvgIpc) is 3.18. The van der Waals surface area contributed by atoms with Crippen LogP contribution in [-0.4, -0.2) is 29.9 Å². The molecule has 1 amide bonds. The molecule has 0 radical (unpaired) electrons. The number of carbonyl (C=O) groups excluding carboxylic acids is 1. The molecule has 3 rings (SSSR count). The second-order valence-corrected chi connectivity index (χ2v) is 6.45. The van der Waals surface area contributed by atoms with E-state index in [9.17, 15) is 4.79 Å². The van der Waals surface area contributed by atoms with E-state index in [0.717, 1.165) is 19.6 Å². The van der Waals surface area contributed by atoms with Crippen LogP contribution in [0.4, 0.5) is 0 Å². The first-order chi connectivity index (χ1) is 9.65. The molecule has 1 saturated carbocycles. The number of benzene rings is 1. The summed E-state index contributed by atoms with van der Waals surface area (Å²) >= 11 is 0. The lowest BCUT2D eigenvalue weighted by Gasteiger charge is -2.32. The number of hydrogen-bond donors (Lipinski definition) is 1. The van der Waals surface area contributed by atoms with Gasteiger partial charge in [-0.3, -0.25) is 4.79 Å². The molecule has 0 aromatic heterocycles. The summed E-state index contributed by atoms with van der Waals surface area (Å²) in [5, 5.41) is 3.19. The number of rotatable bonds is 5. The van der Waals surface area contributed by atoms with Gasteiger partial charge in [-0.1, -0.05) is 38.1 Å². The average molecular weight is 309 g/mol. The third kappa shape index (κ3) is 3.78. The van der Waals surface area contributed by atoms with E-state index >= 15 is 0 Å². The second-order valence-electron chi connectivity index (χ2n) is 6.45. The van der Waals surface area contributed by atoms with E-state index in [2.05, 4.69) is 48.3 Å². The molecule has 1 N–H and O–H groups in total. The van der Waals surface area contributed by atoms with Gasteiger partial charge in [-0.15, -0.1) is 12.4 Å². The predicted octanol–water partition coefficient (Wildman–Crippen LogP) is 2.94. The van der Waals surface area contributed by atoms with Crippen LogP contribution in [0.1, 0.15) is 43.7 Å². The molecule has 1 aliphatic carbocycles. The molecule has 0 atom stereocenters. The fourth-order valence-electron chi connectivity index (χ4n) is 2.68. The van der Waals surface area contributed by atoms with Crippen LogP contribution in [0.15, 0.2) is 24.3 Å². The fourth-order valence-corrected chi connectivity index (χ4v) is 2.68. The standard InChI is InChI=1S/C17H24N2O.ClH/c1-12(2)14-5-3-13(4-6-14)11-19(16-7-8-16)17(20)15-9-18-10-15;/h3-6,12,15-16,18H,7-11H2,1-2H3;1H. The summed E-state index contributed by atoms with van der Waals surface area (Å²) < 4.78 is 0. The van der Waals surface area contributed by atoms with Gasteiger partial charge < -0.3 is 10.2 Å². The highest BCUT2D eigenvalue weighted by Crippen LogP contribution is 2.30. The summed E-state index contributed by atoms with van der Waals surface area (Å²) in [5.41, 5.74) is 2.61. The molecule has 2 fully saturated rings. The molecule has 1 aromatic carbocycles. The minimum absolute atomic E-state index is 0. The summed E-state index contributed by atoms with van der Waals surface area (Å²) in [7, 11) is 0. The highest BCUT2D eigenvalue weighted by atomic mass is 35.5. The maximum absolute atomic E-state index is 12.5. The summed E-state index contributed by atoms with van der Waals surface area (Å²) in [6, 6.07) is 9.24. The molecule has 1 aromatic rings. The van der Waals surface area contributed by atoms with Crippen LogP contribution in [0.3, 0.4) is 0 Å². The van der Waals surface area contributed by atoms with Gasteiger partial charge in [-0.05, 0) is 29.9 Å². The van der Waals surface area contributed by atoms with Gasteiger partial charge >= 0.3 is 0 Å². The molecule has 2 aliphatic rings. The zero-order valence-corrected chi connectivity index (χ0v) is 13.7. The van der Waals surface area contributed by atoms with Gasteiger partial charge in [0.05, 0.1) is 5.92 Å². The maximum Gasteiger partial charge on any atom is 0.228 e. The van der Waals surface area contributed by atoms with Crippen LogP contribution in [0.25, 0.3) is 0 Å². The molecular formula is C17H25ClN2O. The molecule has 4 heteroatoms. The number of halogens is 1. The van der Waals surface area contributed by atoms with E-state index in [1.165, 1.54) is 24.0 Å². The number of amides is 1. The first kappa shape index (κ1) is 16.3. The first-order valence-corrected chi connectivity index (χ1v) is 7.75. The Morgan fingerprint density at radius 2 is 1.86 bits per heavy atom. The third-order valence-corrected chi connectivity index (χ3v) is 4.40. The Kier molecular flexibility index (Phi) is 5.28. The first-order valence-electron chi connectivity index (χ1n) is 7.75. The van der Waals surface area contributed by atoms with E-state index in [1.54, 1.807) is 0 Å². The Bertz CT molecular complexity index is 478. The molecule has 1 saturated heterocycles. The van der Waals surface area contributed by atoms with Gasteiger partial charge in [0.15, 0.2) is 0 Å². The Balaban J connectivity index is 0.00000161. The van der Waals surface area contributed by atoms with Crippen molar-refractivity contribution in [1.82, 2.24) is 10.2 Å². The zero-order valence-electron chi connectivity index (χ0n) is 12.8. The van der Waals surface area contributed by atoms with Crippen molar-refractivity contribution in [3.63, 3.8) is 0 Å². The number of carbonyl (C=O) groups is 1. The van der Waals surface area contributed by atoms with E-state index < -0.39 is 0 Å². The van der Waals surface area contributed by atoms with E-state index in [1.807, 2.05) is 0 Å². The topological polar surface area (TPSA) is 32.3 Å². The Morgan fingerprint density at radius 1 is 1.24 bits per heavy atom. The Labute approximate surface area is 133 Å². The van der Waals surface area contributed by atoms with E-state index in [4.69, 9.17) is 0 Å². The number of nitrogens with zero attached hydrogens (tertiary/aromatic N) is 1. The second kappa shape index (κ2) is 6.80. The normalized spacial score (nSPS) is 18.0. The van der Waals surface area contributed by atoms with Crippen LogP contribution in [0.2, 0.25) is 0 Å². The van der Waals surface area contributed by atoms with Crippen LogP contribution < -0.4 is 5.32 Å². The van der Waals surface area contributed by atoms with E-state index in [0.29, 0.717) is 17.9 Å². The molecule has 1 aliphatic heterocycles. The van der Waals surface area contributed by atoms with Gasteiger partial charge in [0, 0.05) is 25.7 Å². The van der Waals surface area contributed by atoms with Gasteiger partial charge in [-0.2, -0.15) is 0 Å². The van der Waals surface area contributed by atoms with Crippen LogP contribution in [0.5, 0.6) is 0 Å². The fraction of sp³-hybridized carbons (Fsp3) is 0.588. The molecule has 21 heavy (non-hydrogen) atoms. The van der Waals surface area contributed by atoms with Crippen molar-refractivity contribution in [2.45, 2.75) is 45.2 Å². The van der Waals surface area contributed by atoms with Gasteiger partial charge in [0.1, 0.15) is 0 Å². The van der Waals surface area contributed by atoms with E-state index in [-0.39, 0.29) is 18.3 Å². The lowest BCUT2D eigenvalue weighted by atomic mass is 10.00. The van der Waals surface area contributed by atoms with Crippen LogP contribution in [0, 0.1) is 5.92 Å². The summed E-state index contributed by atoms with van der Waals surface area (Å²) in [4.78, 5) is 14.6. The van der Waals surface area contributed by atoms with Gasteiger partial charge in [0.2, 0.25) is 5.91 Å². The smallest absolute Gasteiger partial charge is 0.228 e. The summed E-state index contributed by atoms with van der Waals surface area (Å²) in [5.74, 6) is 1.12. The molecule has 3 nitrogen and oxygen atoms in total. The summed E-state index contributed by atoms with van der Waals surface area (Å²) in [6.45, 7) is 6.90. The van der Waals surface area contributed by atoms with Crippen molar-refractivity contribution in [2.75, 3.05) is 13.1 Å². The maximum atomic E-state index is 12.5. The van der Waals surface area contributed by atoms with Crippen molar-refractivity contribution in [3.05, 3.63) is 35.4 Å². The van der Waals surface area contributed by atoms with Crippen molar-refractivity contribution < 1.29 is 4.79 Å². The van der Waals surface area contributed by atoms with Crippen molar-refractivity contribution in [3.8, 4) is 0 Å². The highest BCUT2D eigenvalue weighted by Gasteiger charge is 2.37. The third-order valence-electron chi connectivity index (χ3n) is 4.40. The number of hydrogen-bond acceptors (Lipinski definition) is 2. The predicted molar refractivity (Wildman–Crippen MR) is 87.7 cm³/mol. The molecule has 1 heterocycles. The minimum atomic E-state index is 0. The molecular weight excluding hydrogens is 284 g/mol. The lowest BCUT2D eigenvalue weighted by Crippen LogP contribution is -2.52. The van der Waals surface area contributed by atoms with Crippen molar-refractivity contribution in [2.24, 2.45) is 5.92 Å². The highest BCUT2D eigenvalue weighted by molar-refractivity contribution is 5.85. The van der Waals surface area contributed by atoms with Gasteiger partial charge in [0.25, 0.3) is 0 Å². The zero-order chi connectivity index (χ0) is 14.1. The molecule has 0 bridgehead atoms. The van der Waals surface area contributed by atoms with Crippen LogP contribution in [-0.2, 0) is 11.3 Å². The van der Waals surface area contributed by atoms with Crippen molar-refractivity contribution in [1.29, 1.82) is 0 Å². The van der Waals surface area contributed by atoms with Gasteiger partial charge in [-0.25, -0.2) is 0 Å².